The molecule has 2 aliphatic rings. The summed E-state index contributed by atoms with van der Waals surface area (Å²) in [5.41, 5.74) is 1.18. The average Bonchev–Trinajstić information content (AvgIpc) is 3.17. The molecule has 0 aromatic heterocycles. The normalized spacial score (nSPS) is 20.8. The topological polar surface area (TPSA) is 108 Å². The first kappa shape index (κ1) is 18.0. The maximum atomic E-state index is 12.9. The molecule has 144 valence electrons. The van der Waals surface area contributed by atoms with Gasteiger partial charge in [0.2, 0.25) is 0 Å². The molecule has 2 heterocycles. The summed E-state index contributed by atoms with van der Waals surface area (Å²) in [6.07, 6.45) is 0. The van der Waals surface area contributed by atoms with Crippen LogP contribution in [0.15, 0.2) is 42.5 Å². The molecule has 1 unspecified atom stereocenters. The van der Waals surface area contributed by atoms with Crippen LogP contribution in [0.25, 0.3) is 0 Å². The summed E-state index contributed by atoms with van der Waals surface area (Å²) in [7, 11) is 1.56. The summed E-state index contributed by atoms with van der Waals surface area (Å²) in [6.45, 7) is 0.164. The van der Waals surface area contributed by atoms with Crippen LogP contribution in [-0.2, 0) is 23.5 Å². The standard InChI is InChI=1S/C20H19N3O5/c1-28-15-6-7-16-13(8-15)9-23(17(16)25)11-20(18(26)21-19(27)22-20)14-4-2-12(10-24)3-5-14/h2-8,24H,9-11H2,1H3,(H2,21,22,26,27). The second-order valence-corrected chi connectivity index (χ2v) is 6.85. The van der Waals surface area contributed by atoms with Crippen LogP contribution in [-0.4, -0.2) is 41.5 Å². The largest absolute Gasteiger partial charge is 0.497 e. The van der Waals surface area contributed by atoms with Crippen molar-refractivity contribution in [2.75, 3.05) is 13.7 Å². The highest BCUT2D eigenvalue weighted by Crippen LogP contribution is 2.32. The molecule has 4 rings (SSSR count). The zero-order valence-electron chi connectivity index (χ0n) is 15.2. The molecule has 8 nitrogen and oxygen atoms in total. The van der Waals surface area contributed by atoms with Gasteiger partial charge in [-0.15, -0.1) is 0 Å². The third-order valence-corrected chi connectivity index (χ3v) is 5.19. The molecule has 0 saturated carbocycles. The molecule has 8 heteroatoms. The Morgan fingerprint density at radius 2 is 1.89 bits per heavy atom. The van der Waals surface area contributed by atoms with E-state index in [1.807, 2.05) is 0 Å². The highest BCUT2D eigenvalue weighted by molar-refractivity contribution is 6.08. The van der Waals surface area contributed by atoms with Gasteiger partial charge in [-0.2, -0.15) is 0 Å². The van der Waals surface area contributed by atoms with Crippen molar-refractivity contribution in [3.05, 3.63) is 64.7 Å². The third kappa shape index (κ3) is 2.78. The number of nitrogens with zero attached hydrogens (tertiary/aromatic N) is 1. The predicted octanol–water partition coefficient (Wildman–Crippen LogP) is 0.878. The van der Waals surface area contributed by atoms with Gasteiger partial charge in [-0.1, -0.05) is 24.3 Å². The number of benzene rings is 2. The van der Waals surface area contributed by atoms with Crippen LogP contribution >= 0.6 is 0 Å². The summed E-state index contributed by atoms with van der Waals surface area (Å²) < 4.78 is 5.21. The fourth-order valence-electron chi connectivity index (χ4n) is 3.69. The Hall–Kier alpha value is -3.39. The maximum absolute atomic E-state index is 12.9. The van der Waals surface area contributed by atoms with E-state index in [-0.39, 0.29) is 19.1 Å². The fraction of sp³-hybridized carbons (Fsp3) is 0.250. The first-order chi connectivity index (χ1) is 13.5. The summed E-state index contributed by atoms with van der Waals surface area (Å²) in [4.78, 5) is 39.0. The highest BCUT2D eigenvalue weighted by Gasteiger charge is 2.50. The molecular formula is C20H19N3O5. The number of fused-ring (bicyclic) bond motifs is 1. The van der Waals surface area contributed by atoms with Gasteiger partial charge in [0.15, 0.2) is 5.54 Å². The first-order valence-corrected chi connectivity index (χ1v) is 8.77. The van der Waals surface area contributed by atoms with Crippen LogP contribution in [0.3, 0.4) is 0 Å². The summed E-state index contributed by atoms with van der Waals surface area (Å²) in [5.74, 6) is -0.0804. The number of aliphatic hydroxyl groups is 1. The average molecular weight is 381 g/mol. The van der Waals surface area contributed by atoms with Gasteiger partial charge in [0.1, 0.15) is 5.75 Å². The Kier molecular flexibility index (Phi) is 4.27. The first-order valence-electron chi connectivity index (χ1n) is 8.77. The lowest BCUT2D eigenvalue weighted by Crippen LogP contribution is -2.52. The van der Waals surface area contributed by atoms with E-state index >= 15 is 0 Å². The number of carbonyl (C=O) groups excluding carboxylic acids is 3. The summed E-state index contributed by atoms with van der Waals surface area (Å²) in [6, 6.07) is 11.3. The minimum atomic E-state index is -1.40. The van der Waals surface area contributed by atoms with E-state index in [0.29, 0.717) is 29.0 Å². The van der Waals surface area contributed by atoms with E-state index in [0.717, 1.165) is 5.56 Å². The number of imide groups is 1. The number of hydrogen-bond acceptors (Lipinski definition) is 5. The Bertz CT molecular complexity index is 972. The number of rotatable bonds is 5. The number of methoxy groups -OCH3 is 1. The molecule has 1 fully saturated rings. The second kappa shape index (κ2) is 6.65. The molecule has 0 bridgehead atoms. The summed E-state index contributed by atoms with van der Waals surface area (Å²) >= 11 is 0. The summed E-state index contributed by atoms with van der Waals surface area (Å²) in [5, 5.41) is 14.2. The van der Waals surface area contributed by atoms with Crippen molar-refractivity contribution >= 4 is 17.8 Å². The fourth-order valence-corrected chi connectivity index (χ4v) is 3.69. The van der Waals surface area contributed by atoms with E-state index in [4.69, 9.17) is 4.74 Å². The molecule has 1 saturated heterocycles. The molecule has 3 N–H and O–H groups in total. The van der Waals surface area contributed by atoms with Crippen molar-refractivity contribution in [2.45, 2.75) is 18.7 Å². The van der Waals surface area contributed by atoms with Gasteiger partial charge in [-0.3, -0.25) is 14.9 Å². The number of ether oxygens (including phenoxy) is 1. The Morgan fingerprint density at radius 3 is 2.50 bits per heavy atom. The Labute approximate surface area is 161 Å². The molecular weight excluding hydrogens is 362 g/mol. The van der Waals surface area contributed by atoms with Gasteiger partial charge in [-0.05, 0) is 34.9 Å². The van der Waals surface area contributed by atoms with Gasteiger partial charge in [0, 0.05) is 12.1 Å². The third-order valence-electron chi connectivity index (χ3n) is 5.19. The van der Waals surface area contributed by atoms with Gasteiger partial charge in [0.05, 0.1) is 20.3 Å². The van der Waals surface area contributed by atoms with Crippen LogP contribution in [0.2, 0.25) is 0 Å². The van der Waals surface area contributed by atoms with Crippen molar-refractivity contribution in [1.82, 2.24) is 15.5 Å². The smallest absolute Gasteiger partial charge is 0.322 e. The number of hydrogen-bond donors (Lipinski definition) is 3. The van der Waals surface area contributed by atoms with E-state index in [1.54, 1.807) is 49.6 Å². The number of nitrogens with one attached hydrogen (secondary N) is 2. The van der Waals surface area contributed by atoms with Crippen LogP contribution in [0.5, 0.6) is 5.75 Å². The molecule has 2 aliphatic heterocycles. The molecule has 0 aliphatic carbocycles. The number of carbonyl (C=O) groups is 3. The monoisotopic (exact) mass is 381 g/mol. The van der Waals surface area contributed by atoms with Crippen LogP contribution < -0.4 is 15.4 Å². The van der Waals surface area contributed by atoms with Crippen molar-refractivity contribution in [3.8, 4) is 5.75 Å². The maximum Gasteiger partial charge on any atom is 0.322 e. The van der Waals surface area contributed by atoms with Gasteiger partial charge in [-0.25, -0.2) is 4.79 Å². The predicted molar refractivity (Wildman–Crippen MR) is 98.5 cm³/mol. The lowest BCUT2D eigenvalue weighted by atomic mass is 9.88. The van der Waals surface area contributed by atoms with E-state index in [9.17, 15) is 19.5 Å². The number of urea groups is 1. The lowest BCUT2D eigenvalue weighted by molar-refractivity contribution is -0.124. The quantitative estimate of drug-likeness (QED) is 0.667. The molecule has 4 amide bonds. The van der Waals surface area contributed by atoms with Gasteiger partial charge in [0.25, 0.3) is 11.8 Å². The van der Waals surface area contributed by atoms with Crippen LogP contribution in [0.1, 0.15) is 27.0 Å². The minimum Gasteiger partial charge on any atom is -0.497 e. The molecule has 0 spiro atoms. The zero-order valence-corrected chi connectivity index (χ0v) is 15.2. The molecule has 2 aromatic rings. The highest BCUT2D eigenvalue weighted by atomic mass is 16.5. The SMILES string of the molecule is COc1ccc2c(c1)CN(CC1(c3ccc(CO)cc3)NC(=O)NC1=O)C2=O. The van der Waals surface area contributed by atoms with E-state index < -0.39 is 17.5 Å². The van der Waals surface area contributed by atoms with E-state index in [1.165, 1.54) is 4.90 Å². The van der Waals surface area contributed by atoms with Gasteiger partial charge < -0.3 is 20.1 Å². The molecule has 28 heavy (non-hydrogen) atoms. The van der Waals surface area contributed by atoms with Crippen LogP contribution in [0.4, 0.5) is 4.79 Å². The number of amides is 4. The Morgan fingerprint density at radius 1 is 1.14 bits per heavy atom. The second-order valence-electron chi connectivity index (χ2n) is 6.85. The minimum absolute atomic E-state index is 0.0150. The lowest BCUT2D eigenvalue weighted by Gasteiger charge is -2.31. The van der Waals surface area contributed by atoms with E-state index in [2.05, 4.69) is 10.6 Å². The van der Waals surface area contributed by atoms with Crippen molar-refractivity contribution < 1.29 is 24.2 Å². The Balaban J connectivity index is 1.68. The zero-order chi connectivity index (χ0) is 19.9. The van der Waals surface area contributed by atoms with Crippen molar-refractivity contribution in [3.63, 3.8) is 0 Å². The molecule has 1 atom stereocenters. The van der Waals surface area contributed by atoms with Crippen molar-refractivity contribution in [2.24, 2.45) is 0 Å². The molecule has 2 aromatic carbocycles. The van der Waals surface area contributed by atoms with Crippen LogP contribution in [0, 0.1) is 0 Å². The van der Waals surface area contributed by atoms with Gasteiger partial charge >= 0.3 is 6.03 Å². The number of aliphatic hydroxyl groups excluding tert-OH is 1. The molecule has 0 radical (unpaired) electrons. The van der Waals surface area contributed by atoms with Crippen molar-refractivity contribution in [1.29, 1.82) is 0 Å².